The van der Waals surface area contributed by atoms with Crippen LogP contribution in [0.3, 0.4) is 0 Å². The van der Waals surface area contributed by atoms with Gasteiger partial charge in [-0.1, -0.05) is 18.2 Å². The van der Waals surface area contributed by atoms with Gasteiger partial charge < -0.3 is 9.47 Å². The Balaban J connectivity index is 2.06. The molecule has 0 amide bonds. The highest BCUT2D eigenvalue weighted by molar-refractivity contribution is 5.76. The molecule has 1 aromatic rings. The minimum absolute atomic E-state index is 0.0982. The third kappa shape index (κ3) is 3.51. The van der Waals surface area contributed by atoms with Crippen molar-refractivity contribution in [2.24, 2.45) is 0 Å². The van der Waals surface area contributed by atoms with Crippen molar-refractivity contribution in [1.82, 2.24) is 4.90 Å². The molecule has 4 heteroatoms. The standard InChI is InChI=1S/C16H23NO3/c1-3-19-15-10-6-5-8-13(15)12-17-11-7-9-14(17)16(18)20-4-2/h5-6,8,10,14H,3-4,7,9,11-12H2,1-2H3. The lowest BCUT2D eigenvalue weighted by Gasteiger charge is -2.23. The molecule has 0 bridgehead atoms. The molecule has 110 valence electrons. The summed E-state index contributed by atoms with van der Waals surface area (Å²) in [4.78, 5) is 14.2. The number of esters is 1. The van der Waals surface area contributed by atoms with Gasteiger partial charge in [-0.3, -0.25) is 9.69 Å². The number of nitrogens with zero attached hydrogens (tertiary/aromatic N) is 1. The van der Waals surface area contributed by atoms with Gasteiger partial charge in [0.2, 0.25) is 0 Å². The van der Waals surface area contributed by atoms with Crippen molar-refractivity contribution in [1.29, 1.82) is 0 Å². The number of likely N-dealkylation sites (tertiary alicyclic amines) is 1. The van der Waals surface area contributed by atoms with Gasteiger partial charge in [0, 0.05) is 12.1 Å². The normalized spacial score (nSPS) is 19.0. The van der Waals surface area contributed by atoms with E-state index in [4.69, 9.17) is 9.47 Å². The maximum absolute atomic E-state index is 12.0. The molecule has 0 saturated carbocycles. The first-order valence-corrected chi connectivity index (χ1v) is 7.37. The number of benzene rings is 1. The summed E-state index contributed by atoms with van der Waals surface area (Å²) in [7, 11) is 0. The smallest absolute Gasteiger partial charge is 0.323 e. The van der Waals surface area contributed by atoms with Crippen LogP contribution in [-0.2, 0) is 16.1 Å². The molecule has 4 nitrogen and oxygen atoms in total. The Hall–Kier alpha value is -1.55. The molecule has 1 saturated heterocycles. The lowest BCUT2D eigenvalue weighted by molar-refractivity contribution is -0.148. The number of hydrogen-bond donors (Lipinski definition) is 0. The summed E-state index contributed by atoms with van der Waals surface area (Å²) in [5, 5.41) is 0. The maximum atomic E-state index is 12.0. The molecule has 1 atom stereocenters. The van der Waals surface area contributed by atoms with Crippen LogP contribution in [0.15, 0.2) is 24.3 Å². The molecule has 0 N–H and O–H groups in total. The van der Waals surface area contributed by atoms with Crippen LogP contribution in [0, 0.1) is 0 Å². The summed E-state index contributed by atoms with van der Waals surface area (Å²) >= 11 is 0. The van der Waals surface area contributed by atoms with Crippen molar-refractivity contribution in [2.45, 2.75) is 39.3 Å². The Morgan fingerprint density at radius 2 is 2.10 bits per heavy atom. The van der Waals surface area contributed by atoms with Crippen molar-refractivity contribution in [3.05, 3.63) is 29.8 Å². The number of hydrogen-bond acceptors (Lipinski definition) is 4. The summed E-state index contributed by atoms with van der Waals surface area (Å²) < 4.78 is 10.8. The Bertz CT molecular complexity index is 447. The van der Waals surface area contributed by atoms with Crippen LogP contribution in [0.5, 0.6) is 5.75 Å². The fraction of sp³-hybridized carbons (Fsp3) is 0.562. The van der Waals surface area contributed by atoms with Gasteiger partial charge in [-0.05, 0) is 39.3 Å². The molecule has 2 rings (SSSR count). The van der Waals surface area contributed by atoms with Crippen LogP contribution in [0.25, 0.3) is 0 Å². The molecule has 1 aliphatic heterocycles. The van der Waals surface area contributed by atoms with E-state index in [-0.39, 0.29) is 12.0 Å². The van der Waals surface area contributed by atoms with Crippen LogP contribution in [0.4, 0.5) is 0 Å². The molecule has 0 aliphatic carbocycles. The lowest BCUT2D eigenvalue weighted by atomic mass is 10.1. The first-order valence-electron chi connectivity index (χ1n) is 7.37. The van der Waals surface area contributed by atoms with E-state index in [2.05, 4.69) is 11.0 Å². The molecule has 1 fully saturated rings. The fourth-order valence-corrected chi connectivity index (χ4v) is 2.67. The van der Waals surface area contributed by atoms with Crippen molar-refractivity contribution in [3.63, 3.8) is 0 Å². The van der Waals surface area contributed by atoms with Crippen LogP contribution >= 0.6 is 0 Å². The monoisotopic (exact) mass is 277 g/mol. The highest BCUT2D eigenvalue weighted by atomic mass is 16.5. The zero-order valence-corrected chi connectivity index (χ0v) is 12.3. The number of carbonyl (C=O) groups is 1. The number of carbonyl (C=O) groups excluding carboxylic acids is 1. The van der Waals surface area contributed by atoms with Gasteiger partial charge in [0.1, 0.15) is 11.8 Å². The summed E-state index contributed by atoms with van der Waals surface area (Å²) in [5.41, 5.74) is 1.13. The Morgan fingerprint density at radius 1 is 1.30 bits per heavy atom. The SMILES string of the molecule is CCOC(=O)C1CCCN1Cc1ccccc1OCC. The van der Waals surface area contributed by atoms with E-state index >= 15 is 0 Å². The first-order chi connectivity index (χ1) is 9.76. The molecule has 0 spiro atoms. The zero-order valence-electron chi connectivity index (χ0n) is 12.3. The fourth-order valence-electron chi connectivity index (χ4n) is 2.67. The molecule has 20 heavy (non-hydrogen) atoms. The summed E-state index contributed by atoms with van der Waals surface area (Å²) in [6, 6.07) is 7.92. The first kappa shape index (κ1) is 14.9. The number of para-hydroxylation sites is 1. The summed E-state index contributed by atoms with van der Waals surface area (Å²) in [6.45, 7) is 6.59. The number of rotatable bonds is 6. The average Bonchev–Trinajstić information content (AvgIpc) is 2.90. The highest BCUT2D eigenvalue weighted by Gasteiger charge is 2.32. The van der Waals surface area contributed by atoms with Gasteiger partial charge in [0.25, 0.3) is 0 Å². The minimum atomic E-state index is -0.107. The van der Waals surface area contributed by atoms with E-state index in [1.165, 1.54) is 0 Å². The van der Waals surface area contributed by atoms with E-state index in [0.717, 1.165) is 37.2 Å². The molecule has 0 aromatic heterocycles. The van der Waals surface area contributed by atoms with Crippen molar-refractivity contribution >= 4 is 5.97 Å². The van der Waals surface area contributed by atoms with Crippen molar-refractivity contribution < 1.29 is 14.3 Å². The molecule has 1 heterocycles. The summed E-state index contributed by atoms with van der Waals surface area (Å²) in [6.07, 6.45) is 1.93. The molecular weight excluding hydrogens is 254 g/mol. The largest absolute Gasteiger partial charge is 0.494 e. The van der Waals surface area contributed by atoms with Crippen LogP contribution in [-0.4, -0.2) is 36.7 Å². The number of ether oxygens (including phenoxy) is 2. The van der Waals surface area contributed by atoms with Gasteiger partial charge in [-0.15, -0.1) is 0 Å². The molecule has 1 unspecified atom stereocenters. The van der Waals surface area contributed by atoms with Gasteiger partial charge >= 0.3 is 5.97 Å². The van der Waals surface area contributed by atoms with E-state index in [1.54, 1.807) is 0 Å². The van der Waals surface area contributed by atoms with Crippen molar-refractivity contribution in [3.8, 4) is 5.75 Å². The average molecular weight is 277 g/mol. The third-order valence-corrected chi connectivity index (χ3v) is 3.57. The second-order valence-electron chi connectivity index (χ2n) is 4.92. The molecule has 0 radical (unpaired) electrons. The second-order valence-corrected chi connectivity index (χ2v) is 4.92. The van der Waals surface area contributed by atoms with Crippen molar-refractivity contribution in [2.75, 3.05) is 19.8 Å². The topological polar surface area (TPSA) is 38.8 Å². The van der Waals surface area contributed by atoms with Crippen LogP contribution < -0.4 is 4.74 Å². The summed E-state index contributed by atoms with van der Waals surface area (Å²) in [5.74, 6) is 0.809. The maximum Gasteiger partial charge on any atom is 0.323 e. The third-order valence-electron chi connectivity index (χ3n) is 3.57. The quantitative estimate of drug-likeness (QED) is 0.749. The van der Waals surface area contributed by atoms with Gasteiger partial charge in [0.05, 0.1) is 13.2 Å². The minimum Gasteiger partial charge on any atom is -0.494 e. The zero-order chi connectivity index (χ0) is 14.4. The van der Waals surface area contributed by atoms with E-state index in [9.17, 15) is 4.79 Å². The van der Waals surface area contributed by atoms with E-state index < -0.39 is 0 Å². The predicted molar refractivity (Wildman–Crippen MR) is 77.7 cm³/mol. The van der Waals surface area contributed by atoms with E-state index in [1.807, 2.05) is 32.0 Å². The molecule has 1 aromatic carbocycles. The Labute approximate surface area is 120 Å². The van der Waals surface area contributed by atoms with Gasteiger partial charge in [0.15, 0.2) is 0 Å². The predicted octanol–water partition coefficient (Wildman–Crippen LogP) is 2.61. The van der Waals surface area contributed by atoms with E-state index in [0.29, 0.717) is 13.2 Å². The highest BCUT2D eigenvalue weighted by Crippen LogP contribution is 2.25. The lowest BCUT2D eigenvalue weighted by Crippen LogP contribution is -2.36. The van der Waals surface area contributed by atoms with Crippen LogP contribution in [0.2, 0.25) is 0 Å². The van der Waals surface area contributed by atoms with Crippen LogP contribution in [0.1, 0.15) is 32.3 Å². The van der Waals surface area contributed by atoms with Gasteiger partial charge in [-0.2, -0.15) is 0 Å². The van der Waals surface area contributed by atoms with Gasteiger partial charge in [-0.25, -0.2) is 0 Å². The molecular formula is C16H23NO3. The second kappa shape index (κ2) is 7.29. The Morgan fingerprint density at radius 3 is 2.85 bits per heavy atom. The molecule has 1 aliphatic rings. The Kier molecular flexibility index (Phi) is 5.41.